The molecule has 1 aromatic rings. The number of rotatable bonds is 2. The molecule has 2 heterocycles. The first-order valence-electron chi connectivity index (χ1n) is 7.53. The van der Waals surface area contributed by atoms with Crippen molar-refractivity contribution >= 4 is 18.4 Å². The first-order chi connectivity index (χ1) is 9.25. The quantitative estimate of drug-likeness (QED) is 0.852. The van der Waals surface area contributed by atoms with Crippen molar-refractivity contribution in [1.82, 2.24) is 9.55 Å². The van der Waals surface area contributed by atoms with Crippen molar-refractivity contribution in [2.24, 2.45) is 5.92 Å². The molecule has 20 heavy (non-hydrogen) atoms. The summed E-state index contributed by atoms with van der Waals surface area (Å²) >= 11 is 0. The maximum atomic E-state index is 11.1. The van der Waals surface area contributed by atoms with Gasteiger partial charge in [0.25, 0.3) is 0 Å². The average molecular weight is 299 g/mol. The van der Waals surface area contributed by atoms with Crippen LogP contribution in [0.2, 0.25) is 0 Å². The maximum absolute atomic E-state index is 11.1. The van der Waals surface area contributed by atoms with E-state index >= 15 is 0 Å². The summed E-state index contributed by atoms with van der Waals surface area (Å²) in [5.41, 5.74) is 1.12. The van der Waals surface area contributed by atoms with E-state index in [1.165, 1.54) is 44.3 Å². The largest absolute Gasteiger partial charge is 0.481 e. The van der Waals surface area contributed by atoms with E-state index in [9.17, 15) is 4.79 Å². The molecular formula is C15H23ClN2O2. The van der Waals surface area contributed by atoms with Gasteiger partial charge >= 0.3 is 5.97 Å². The van der Waals surface area contributed by atoms with E-state index in [1.807, 2.05) is 6.20 Å². The highest BCUT2D eigenvalue weighted by Gasteiger charge is 2.28. The molecule has 0 bridgehead atoms. The maximum Gasteiger partial charge on any atom is 0.306 e. The Morgan fingerprint density at radius 2 is 1.90 bits per heavy atom. The predicted molar refractivity (Wildman–Crippen MR) is 79.4 cm³/mol. The second-order valence-electron chi connectivity index (χ2n) is 5.98. The number of carboxylic acid groups (broad SMARTS) is 1. The van der Waals surface area contributed by atoms with Gasteiger partial charge in [-0.3, -0.25) is 4.79 Å². The highest BCUT2D eigenvalue weighted by atomic mass is 35.5. The summed E-state index contributed by atoms with van der Waals surface area (Å²) in [4.78, 5) is 15.7. The van der Waals surface area contributed by atoms with E-state index in [0.717, 1.165) is 18.7 Å². The molecule has 1 atom stereocenters. The van der Waals surface area contributed by atoms with E-state index in [1.54, 1.807) is 0 Å². The minimum Gasteiger partial charge on any atom is -0.481 e. The minimum absolute atomic E-state index is 0. The normalized spacial score (nSPS) is 23.5. The summed E-state index contributed by atoms with van der Waals surface area (Å²) in [5.74, 6) is 0.938. The Morgan fingerprint density at radius 3 is 2.55 bits per heavy atom. The number of halogens is 1. The highest BCUT2D eigenvalue weighted by Crippen LogP contribution is 2.33. The Labute approximate surface area is 126 Å². The first-order valence-corrected chi connectivity index (χ1v) is 7.53. The van der Waals surface area contributed by atoms with Gasteiger partial charge in [0.05, 0.1) is 5.92 Å². The zero-order valence-corrected chi connectivity index (χ0v) is 12.6. The van der Waals surface area contributed by atoms with Gasteiger partial charge in [-0.1, -0.05) is 25.7 Å². The Bertz CT molecular complexity index is 464. The third kappa shape index (κ3) is 3.00. The summed E-state index contributed by atoms with van der Waals surface area (Å²) in [6, 6.07) is 0. The summed E-state index contributed by atoms with van der Waals surface area (Å²) < 4.78 is 2.30. The summed E-state index contributed by atoms with van der Waals surface area (Å²) in [7, 11) is 0. The van der Waals surface area contributed by atoms with Crippen molar-refractivity contribution in [2.45, 2.75) is 63.8 Å². The number of aliphatic carboxylic acids is 1. The Morgan fingerprint density at radius 1 is 1.20 bits per heavy atom. The molecule has 1 aliphatic carbocycles. The van der Waals surface area contributed by atoms with Crippen LogP contribution in [0.25, 0.3) is 0 Å². The first kappa shape index (κ1) is 15.4. The zero-order chi connectivity index (χ0) is 13.2. The number of carbonyl (C=O) groups is 1. The van der Waals surface area contributed by atoms with Crippen molar-refractivity contribution in [3.8, 4) is 0 Å². The van der Waals surface area contributed by atoms with Gasteiger partial charge < -0.3 is 9.67 Å². The van der Waals surface area contributed by atoms with E-state index in [0.29, 0.717) is 12.3 Å². The Hall–Kier alpha value is -1.03. The van der Waals surface area contributed by atoms with Crippen LogP contribution in [0.4, 0.5) is 0 Å². The molecule has 4 nitrogen and oxygen atoms in total. The minimum atomic E-state index is -0.663. The highest BCUT2D eigenvalue weighted by molar-refractivity contribution is 5.85. The molecule has 0 saturated heterocycles. The van der Waals surface area contributed by atoms with Gasteiger partial charge in [-0.25, -0.2) is 4.98 Å². The Kier molecular flexibility index (Phi) is 5.08. The van der Waals surface area contributed by atoms with Gasteiger partial charge in [0.1, 0.15) is 5.82 Å². The molecule has 1 aliphatic heterocycles. The summed E-state index contributed by atoms with van der Waals surface area (Å²) in [6.45, 7) is 0.831. The SMILES string of the molecule is Cl.O=C(O)C1CCn2c(cnc2C2CCCCCC2)C1. The molecular weight excluding hydrogens is 276 g/mol. The number of nitrogens with zero attached hydrogens (tertiary/aromatic N) is 2. The van der Waals surface area contributed by atoms with Gasteiger partial charge in [0.2, 0.25) is 0 Å². The lowest BCUT2D eigenvalue weighted by Gasteiger charge is -2.24. The number of imidazole rings is 1. The molecule has 2 aliphatic rings. The van der Waals surface area contributed by atoms with Gasteiger partial charge in [0.15, 0.2) is 0 Å². The van der Waals surface area contributed by atoms with Gasteiger partial charge in [0, 0.05) is 30.8 Å². The second-order valence-corrected chi connectivity index (χ2v) is 5.98. The number of aromatic nitrogens is 2. The standard InChI is InChI=1S/C15H22N2O2.ClH/c18-15(19)12-7-8-17-13(9-12)10-16-14(17)11-5-3-1-2-4-6-11;/h10-12H,1-9H2,(H,18,19);1H. The van der Waals surface area contributed by atoms with Crippen molar-refractivity contribution < 1.29 is 9.90 Å². The molecule has 0 aromatic carbocycles. The fourth-order valence-corrected chi connectivity index (χ4v) is 3.56. The lowest BCUT2D eigenvalue weighted by Crippen LogP contribution is -2.26. The fourth-order valence-electron chi connectivity index (χ4n) is 3.56. The van der Waals surface area contributed by atoms with E-state index in [2.05, 4.69) is 9.55 Å². The van der Waals surface area contributed by atoms with Gasteiger partial charge in [-0.2, -0.15) is 0 Å². The monoisotopic (exact) mass is 298 g/mol. The van der Waals surface area contributed by atoms with Crippen molar-refractivity contribution in [3.63, 3.8) is 0 Å². The third-order valence-electron chi connectivity index (χ3n) is 4.70. The molecule has 1 unspecified atom stereocenters. The summed E-state index contributed by atoms with van der Waals surface area (Å²) in [6.07, 6.45) is 11.1. The molecule has 1 saturated carbocycles. The molecule has 1 N–H and O–H groups in total. The third-order valence-corrected chi connectivity index (χ3v) is 4.70. The van der Waals surface area contributed by atoms with Gasteiger partial charge in [-0.05, 0) is 19.3 Å². The lowest BCUT2D eigenvalue weighted by molar-refractivity contribution is -0.142. The molecule has 1 aromatic heterocycles. The van der Waals surface area contributed by atoms with Crippen molar-refractivity contribution in [1.29, 1.82) is 0 Å². The Balaban J connectivity index is 0.00000147. The lowest BCUT2D eigenvalue weighted by atomic mass is 9.95. The molecule has 0 spiro atoms. The van der Waals surface area contributed by atoms with Crippen LogP contribution < -0.4 is 0 Å². The van der Waals surface area contributed by atoms with E-state index in [-0.39, 0.29) is 18.3 Å². The van der Waals surface area contributed by atoms with Crippen molar-refractivity contribution in [2.75, 3.05) is 0 Å². The second kappa shape index (κ2) is 6.61. The molecule has 112 valence electrons. The van der Waals surface area contributed by atoms with Crippen LogP contribution in [0.1, 0.15) is 62.4 Å². The summed E-state index contributed by atoms with van der Waals surface area (Å²) in [5, 5.41) is 9.13. The van der Waals surface area contributed by atoms with Gasteiger partial charge in [-0.15, -0.1) is 12.4 Å². The number of hydrogen-bond acceptors (Lipinski definition) is 2. The van der Waals surface area contributed by atoms with E-state index in [4.69, 9.17) is 5.11 Å². The van der Waals surface area contributed by atoms with Crippen LogP contribution in [0.5, 0.6) is 0 Å². The fraction of sp³-hybridized carbons (Fsp3) is 0.733. The zero-order valence-electron chi connectivity index (χ0n) is 11.8. The van der Waals surface area contributed by atoms with Crippen LogP contribution in [0.3, 0.4) is 0 Å². The average Bonchev–Trinajstić information content (AvgIpc) is 2.64. The predicted octanol–water partition coefficient (Wildman–Crippen LogP) is 3.39. The molecule has 3 rings (SSSR count). The van der Waals surface area contributed by atoms with E-state index < -0.39 is 5.97 Å². The van der Waals surface area contributed by atoms with Crippen LogP contribution in [-0.4, -0.2) is 20.6 Å². The number of hydrogen-bond donors (Lipinski definition) is 1. The topological polar surface area (TPSA) is 55.1 Å². The van der Waals surface area contributed by atoms with Crippen LogP contribution in [0.15, 0.2) is 6.20 Å². The van der Waals surface area contributed by atoms with Crippen LogP contribution in [0, 0.1) is 5.92 Å². The van der Waals surface area contributed by atoms with Crippen LogP contribution >= 0.6 is 12.4 Å². The van der Waals surface area contributed by atoms with Crippen LogP contribution in [-0.2, 0) is 17.8 Å². The number of fused-ring (bicyclic) bond motifs is 1. The molecule has 1 fully saturated rings. The smallest absolute Gasteiger partial charge is 0.306 e. The molecule has 0 amide bonds. The molecule has 5 heteroatoms. The van der Waals surface area contributed by atoms with Crippen molar-refractivity contribution in [3.05, 3.63) is 17.7 Å². The molecule has 0 radical (unpaired) electrons. The number of carboxylic acids is 1.